The van der Waals surface area contributed by atoms with Crippen molar-refractivity contribution < 1.29 is 22.8 Å². The second kappa shape index (κ2) is 8.78. The molecule has 3 aromatic carbocycles. The molecule has 0 fully saturated rings. The maximum atomic E-state index is 13.4. The Morgan fingerprint density at radius 1 is 0.970 bits per heavy atom. The molecule has 1 heterocycles. The molecule has 0 radical (unpaired) electrons. The molecule has 164 valence electrons. The maximum absolute atomic E-state index is 13.4. The van der Waals surface area contributed by atoms with Crippen molar-refractivity contribution >= 4 is 33.2 Å². The predicted molar refractivity (Wildman–Crippen MR) is 119 cm³/mol. The predicted octanol–water partition coefficient (Wildman–Crippen LogP) is 2.64. The van der Waals surface area contributed by atoms with Crippen molar-refractivity contribution in [3.63, 3.8) is 0 Å². The molecule has 1 unspecified atom stereocenters. The molecule has 0 saturated carbocycles. The van der Waals surface area contributed by atoms with Crippen LogP contribution in [0, 0.1) is 11.3 Å². The van der Waals surface area contributed by atoms with E-state index in [-0.39, 0.29) is 21.7 Å². The second-order valence-corrected chi connectivity index (χ2v) is 9.14. The SMILES string of the molecule is N#Cc1cccc(NC(=O)CN2C(C(=O)c3ccccc3)C(=O)c3ccccc3S2(=O)=O)c1. The Kier molecular flexibility index (Phi) is 5.87. The summed E-state index contributed by atoms with van der Waals surface area (Å²) in [5.41, 5.74) is 0.647. The number of nitriles is 1. The Hall–Kier alpha value is -4.13. The summed E-state index contributed by atoms with van der Waals surface area (Å²) in [5, 5.41) is 11.5. The summed E-state index contributed by atoms with van der Waals surface area (Å²) >= 11 is 0. The van der Waals surface area contributed by atoms with Crippen molar-refractivity contribution in [1.82, 2.24) is 4.31 Å². The van der Waals surface area contributed by atoms with Gasteiger partial charge in [-0.2, -0.15) is 9.57 Å². The summed E-state index contributed by atoms with van der Waals surface area (Å²) < 4.78 is 27.4. The average molecular weight is 459 g/mol. The fourth-order valence-corrected chi connectivity index (χ4v) is 5.34. The molecule has 9 heteroatoms. The molecular formula is C24H17N3O5S. The third-order valence-corrected chi connectivity index (χ3v) is 7.03. The van der Waals surface area contributed by atoms with Gasteiger partial charge in [-0.3, -0.25) is 14.4 Å². The van der Waals surface area contributed by atoms with E-state index < -0.39 is 40.1 Å². The van der Waals surface area contributed by atoms with Crippen molar-refractivity contribution in [1.29, 1.82) is 5.26 Å². The Balaban J connectivity index is 1.73. The van der Waals surface area contributed by atoms with Crippen LogP contribution >= 0.6 is 0 Å². The van der Waals surface area contributed by atoms with E-state index in [9.17, 15) is 22.8 Å². The lowest BCUT2D eigenvalue weighted by atomic mass is 9.96. The first-order valence-corrected chi connectivity index (χ1v) is 11.3. The van der Waals surface area contributed by atoms with Gasteiger partial charge in [-0.1, -0.05) is 48.5 Å². The van der Waals surface area contributed by atoms with Gasteiger partial charge < -0.3 is 5.32 Å². The molecule has 1 aliphatic heterocycles. The van der Waals surface area contributed by atoms with Crippen molar-refractivity contribution in [2.75, 3.05) is 11.9 Å². The number of hydrogen-bond donors (Lipinski definition) is 1. The third-order valence-electron chi connectivity index (χ3n) is 5.16. The molecule has 1 aliphatic rings. The highest BCUT2D eigenvalue weighted by Crippen LogP contribution is 2.31. The molecular weight excluding hydrogens is 442 g/mol. The largest absolute Gasteiger partial charge is 0.325 e. The summed E-state index contributed by atoms with van der Waals surface area (Å²) in [6.45, 7) is -0.761. The van der Waals surface area contributed by atoms with Gasteiger partial charge in [-0.05, 0) is 30.3 Å². The van der Waals surface area contributed by atoms with Gasteiger partial charge in [0.15, 0.2) is 17.6 Å². The average Bonchev–Trinajstić information content (AvgIpc) is 2.83. The molecule has 0 aliphatic carbocycles. The lowest BCUT2D eigenvalue weighted by molar-refractivity contribution is -0.116. The Morgan fingerprint density at radius 3 is 2.39 bits per heavy atom. The monoisotopic (exact) mass is 459 g/mol. The zero-order valence-electron chi connectivity index (χ0n) is 17.1. The quantitative estimate of drug-likeness (QED) is 0.462. The number of carbonyl (C=O) groups is 3. The summed E-state index contributed by atoms with van der Waals surface area (Å²) in [5.74, 6) is -2.18. The first kappa shape index (κ1) is 22.1. The number of anilines is 1. The van der Waals surface area contributed by atoms with Crippen LogP contribution in [0.3, 0.4) is 0 Å². The fourth-order valence-electron chi connectivity index (χ4n) is 3.63. The molecule has 1 atom stereocenters. The number of carbonyl (C=O) groups excluding carboxylic acids is 3. The van der Waals surface area contributed by atoms with E-state index >= 15 is 0 Å². The van der Waals surface area contributed by atoms with Gasteiger partial charge in [0.2, 0.25) is 15.9 Å². The summed E-state index contributed by atoms with van der Waals surface area (Å²) in [6, 6.07) is 19.8. The number of ketones is 2. The number of nitrogens with zero attached hydrogens (tertiary/aromatic N) is 2. The van der Waals surface area contributed by atoms with E-state index in [1.54, 1.807) is 30.3 Å². The van der Waals surface area contributed by atoms with Crippen LogP contribution in [0.1, 0.15) is 26.3 Å². The van der Waals surface area contributed by atoms with E-state index in [2.05, 4.69) is 5.32 Å². The lowest BCUT2D eigenvalue weighted by Crippen LogP contribution is -2.55. The number of benzene rings is 3. The van der Waals surface area contributed by atoms with E-state index in [4.69, 9.17) is 5.26 Å². The normalized spacial score (nSPS) is 16.9. The second-order valence-electron chi connectivity index (χ2n) is 7.28. The van der Waals surface area contributed by atoms with Crippen LogP contribution in [-0.2, 0) is 14.8 Å². The molecule has 4 rings (SSSR count). The summed E-state index contributed by atoms with van der Waals surface area (Å²) in [4.78, 5) is 39.0. The molecule has 8 nitrogen and oxygen atoms in total. The van der Waals surface area contributed by atoms with Crippen LogP contribution in [0.15, 0.2) is 83.8 Å². The van der Waals surface area contributed by atoms with Crippen LogP contribution in [0.5, 0.6) is 0 Å². The minimum absolute atomic E-state index is 0.0924. The van der Waals surface area contributed by atoms with Crippen LogP contribution in [0.25, 0.3) is 0 Å². The van der Waals surface area contributed by atoms with Crippen LogP contribution in [-0.4, -0.2) is 42.8 Å². The molecule has 1 amide bonds. The highest BCUT2D eigenvalue weighted by molar-refractivity contribution is 7.89. The zero-order chi connectivity index (χ0) is 23.6. The van der Waals surface area contributed by atoms with E-state index in [0.717, 1.165) is 0 Å². The minimum atomic E-state index is -4.34. The van der Waals surface area contributed by atoms with E-state index in [1.165, 1.54) is 48.5 Å². The van der Waals surface area contributed by atoms with Gasteiger partial charge in [0.1, 0.15) is 0 Å². The van der Waals surface area contributed by atoms with Crippen molar-refractivity contribution in [2.24, 2.45) is 0 Å². The number of rotatable bonds is 5. The highest BCUT2D eigenvalue weighted by atomic mass is 32.2. The number of amides is 1. The molecule has 0 aromatic heterocycles. The molecule has 0 spiro atoms. The number of hydrogen-bond acceptors (Lipinski definition) is 6. The van der Waals surface area contributed by atoms with Crippen molar-refractivity contribution in [2.45, 2.75) is 10.9 Å². The van der Waals surface area contributed by atoms with Gasteiger partial charge in [0.05, 0.1) is 23.1 Å². The van der Waals surface area contributed by atoms with Gasteiger partial charge in [-0.15, -0.1) is 0 Å². The van der Waals surface area contributed by atoms with Crippen molar-refractivity contribution in [3.05, 3.63) is 95.6 Å². The Labute approximate surface area is 190 Å². The van der Waals surface area contributed by atoms with Gasteiger partial charge in [0, 0.05) is 16.8 Å². The molecule has 1 N–H and O–H groups in total. The summed E-state index contributed by atoms with van der Waals surface area (Å²) in [6.07, 6.45) is 0. The van der Waals surface area contributed by atoms with Gasteiger partial charge in [0.25, 0.3) is 0 Å². The Bertz CT molecular complexity index is 1410. The number of sulfonamides is 1. The van der Waals surface area contributed by atoms with Crippen LogP contribution in [0.2, 0.25) is 0 Å². The molecule has 33 heavy (non-hydrogen) atoms. The van der Waals surface area contributed by atoms with Crippen molar-refractivity contribution in [3.8, 4) is 6.07 Å². The van der Waals surface area contributed by atoms with Crippen LogP contribution < -0.4 is 5.32 Å². The number of Topliss-reactive ketones (excluding diaryl/α,β-unsaturated/α-hetero) is 2. The van der Waals surface area contributed by atoms with E-state index in [1.807, 2.05) is 6.07 Å². The number of fused-ring (bicyclic) bond motifs is 1. The van der Waals surface area contributed by atoms with E-state index in [0.29, 0.717) is 9.87 Å². The Morgan fingerprint density at radius 2 is 1.67 bits per heavy atom. The number of nitrogens with one attached hydrogen (secondary N) is 1. The minimum Gasteiger partial charge on any atom is -0.325 e. The smallest absolute Gasteiger partial charge is 0.245 e. The van der Waals surface area contributed by atoms with Gasteiger partial charge in [-0.25, -0.2) is 8.42 Å². The molecule has 0 saturated heterocycles. The van der Waals surface area contributed by atoms with Crippen LogP contribution in [0.4, 0.5) is 5.69 Å². The standard InChI is InChI=1S/C24H17N3O5S/c25-14-16-7-6-10-18(13-16)26-21(28)15-27-22(23(29)17-8-2-1-3-9-17)24(30)19-11-4-5-12-20(19)33(27,31)32/h1-13,22H,15H2,(H,26,28). The first-order chi connectivity index (χ1) is 15.8. The zero-order valence-corrected chi connectivity index (χ0v) is 18.0. The maximum Gasteiger partial charge on any atom is 0.245 e. The lowest BCUT2D eigenvalue weighted by Gasteiger charge is -2.33. The summed E-state index contributed by atoms with van der Waals surface area (Å²) in [7, 11) is -4.34. The van der Waals surface area contributed by atoms with Gasteiger partial charge >= 0.3 is 0 Å². The fraction of sp³-hybridized carbons (Fsp3) is 0.0833. The molecule has 0 bridgehead atoms. The topological polar surface area (TPSA) is 124 Å². The highest BCUT2D eigenvalue weighted by Gasteiger charge is 2.48. The first-order valence-electron chi connectivity index (χ1n) is 9.87. The molecule has 3 aromatic rings. The third kappa shape index (κ3) is 4.17.